The van der Waals surface area contributed by atoms with Crippen LogP contribution >= 0.6 is 0 Å². The molecule has 0 spiro atoms. The fraction of sp³-hybridized carbons (Fsp3) is 0.500. The van der Waals surface area contributed by atoms with E-state index >= 15 is 0 Å². The molecule has 0 saturated heterocycles. The van der Waals surface area contributed by atoms with Crippen LogP contribution in [0.4, 0.5) is 0 Å². The summed E-state index contributed by atoms with van der Waals surface area (Å²) in [4.78, 5) is 41.9. The minimum absolute atomic E-state index is 0. The minimum Gasteiger partial charge on any atom is -0.481 e. The average Bonchev–Trinajstić information content (AvgIpc) is 2.13. The summed E-state index contributed by atoms with van der Waals surface area (Å²) in [5.41, 5.74) is 0. The summed E-state index contributed by atoms with van der Waals surface area (Å²) < 4.78 is 0. The first-order chi connectivity index (χ1) is 7.73. The zero-order valence-electron chi connectivity index (χ0n) is 12.5. The van der Waals surface area contributed by atoms with E-state index in [0.717, 1.165) is 0 Å². The summed E-state index contributed by atoms with van der Waals surface area (Å²) in [5, 5.41) is 36.0. The first-order valence-electron chi connectivity index (χ1n) is 4.39. The molecule has 4 radical (unpaired) electrons. The maximum absolute atomic E-state index is 10.6. The van der Waals surface area contributed by atoms with Crippen LogP contribution in [0, 0.1) is 0 Å². The van der Waals surface area contributed by atoms with Crippen LogP contribution < -0.4 is 5.32 Å². The second kappa shape index (κ2) is 16.6. The van der Waals surface area contributed by atoms with E-state index in [-0.39, 0.29) is 75.4 Å². The van der Waals surface area contributed by atoms with Crippen LogP contribution in [0.25, 0.3) is 0 Å². The van der Waals surface area contributed by atoms with E-state index in [2.05, 4.69) is 0 Å². The van der Waals surface area contributed by atoms with Crippen LogP contribution in [0.2, 0.25) is 0 Å². The van der Waals surface area contributed by atoms with Gasteiger partial charge in [0.2, 0.25) is 0 Å². The topological polar surface area (TPSA) is 161 Å². The Morgan fingerprint density at radius 3 is 1.05 bits per heavy atom. The maximum atomic E-state index is 10.6. The molecule has 0 aliphatic carbocycles. The van der Waals surface area contributed by atoms with Gasteiger partial charge in [-0.2, -0.15) is 0 Å². The smallest absolute Gasteiger partial charge is 0.321 e. The zero-order valence-corrected chi connectivity index (χ0v) is 12.5. The third-order valence-corrected chi connectivity index (χ3v) is 1.76. The van der Waals surface area contributed by atoms with Gasteiger partial charge in [-0.05, 0) is 0 Å². The normalized spacial score (nSPS) is 11.0. The van der Waals surface area contributed by atoms with E-state index in [1.165, 1.54) is 0 Å². The summed E-state index contributed by atoms with van der Waals surface area (Å²) in [6.45, 7) is 0. The van der Waals surface area contributed by atoms with E-state index in [1.54, 1.807) is 0 Å². The Balaban J connectivity index is -0.000000213. The number of nitrogens with one attached hydrogen (secondary N) is 1. The van der Waals surface area contributed by atoms with Gasteiger partial charge in [0.15, 0.2) is 0 Å². The molecule has 0 saturated carbocycles. The fourth-order valence-corrected chi connectivity index (χ4v) is 1.03. The van der Waals surface area contributed by atoms with Crippen LogP contribution in [0.15, 0.2) is 0 Å². The van der Waals surface area contributed by atoms with Gasteiger partial charge < -0.3 is 20.4 Å². The van der Waals surface area contributed by atoms with Crippen molar-refractivity contribution < 1.29 is 39.6 Å². The summed E-state index contributed by atoms with van der Waals surface area (Å²) in [6.07, 6.45) is -1.70. The number of carboxylic acid groups (broad SMARTS) is 4. The second-order valence-electron chi connectivity index (χ2n) is 3.14. The van der Waals surface area contributed by atoms with Gasteiger partial charge in [0.05, 0.1) is 12.8 Å². The summed E-state index contributed by atoms with van der Waals surface area (Å²) >= 11 is 0. The van der Waals surface area contributed by atoms with Gasteiger partial charge >= 0.3 is 23.9 Å². The monoisotopic (exact) mass is 277 g/mol. The third-order valence-electron chi connectivity index (χ3n) is 1.76. The molecule has 0 bridgehead atoms. The van der Waals surface area contributed by atoms with Crippen molar-refractivity contribution in [2.45, 2.75) is 24.9 Å². The van der Waals surface area contributed by atoms with E-state index in [0.29, 0.717) is 0 Å². The summed E-state index contributed by atoms with van der Waals surface area (Å²) in [6, 6.07) is -3.32. The molecule has 2 atom stereocenters. The maximum Gasteiger partial charge on any atom is 0.321 e. The Bertz CT molecular complexity index is 321. The van der Waals surface area contributed by atoms with E-state index in [4.69, 9.17) is 20.4 Å². The molecule has 0 heterocycles. The Labute approximate surface area is 168 Å². The number of aliphatic carboxylic acids is 4. The van der Waals surface area contributed by atoms with Crippen molar-refractivity contribution in [1.82, 2.24) is 5.32 Å². The van der Waals surface area contributed by atoms with Crippen molar-refractivity contribution in [2.75, 3.05) is 0 Å². The molecule has 21 heavy (non-hydrogen) atoms. The van der Waals surface area contributed by atoms with Gasteiger partial charge in [0, 0.05) is 75.4 Å². The van der Waals surface area contributed by atoms with Gasteiger partial charge in [0.1, 0.15) is 12.1 Å². The van der Waals surface area contributed by atoms with Crippen molar-refractivity contribution in [3.63, 3.8) is 0 Å². The van der Waals surface area contributed by atoms with Crippen LogP contribution in [0.3, 0.4) is 0 Å². The molecule has 5 N–H and O–H groups in total. The standard InChI is InChI=1S/C8H11NO8.4Li/c10-5(11)1-3(7(14)15)9-4(8(16)17)2-6(12)13;;;;/h3-4,9H,1-2H2,(H,10,11)(H,12,13)(H,14,15)(H,16,17);;;;. The average molecular weight is 277 g/mol. The number of hydrogen-bond donors (Lipinski definition) is 5. The van der Waals surface area contributed by atoms with Crippen LogP contribution in [-0.2, 0) is 19.2 Å². The van der Waals surface area contributed by atoms with Crippen molar-refractivity contribution in [1.29, 1.82) is 0 Å². The van der Waals surface area contributed by atoms with Gasteiger partial charge in [-0.1, -0.05) is 0 Å². The minimum atomic E-state index is -1.66. The zero-order chi connectivity index (χ0) is 13.6. The number of carboxylic acids is 4. The molecule has 2 unspecified atom stereocenters. The molecule has 0 fully saturated rings. The molecule has 9 nitrogen and oxygen atoms in total. The molecule has 13 heteroatoms. The molecule has 0 aromatic carbocycles. The van der Waals surface area contributed by atoms with Crippen molar-refractivity contribution in [3.05, 3.63) is 0 Å². The SMILES string of the molecule is O=C(O)CC(NC(CC(=O)O)C(=O)O)C(=O)O.[Li].[Li].[Li].[Li]. The molecule has 0 aromatic rings. The van der Waals surface area contributed by atoms with Crippen LogP contribution in [-0.4, -0.2) is 132 Å². The van der Waals surface area contributed by atoms with Gasteiger partial charge in [-0.15, -0.1) is 0 Å². The number of hydrogen-bond acceptors (Lipinski definition) is 5. The summed E-state index contributed by atoms with van der Waals surface area (Å²) in [7, 11) is 0. The van der Waals surface area contributed by atoms with Crippen molar-refractivity contribution >= 4 is 99.3 Å². The van der Waals surface area contributed by atoms with Crippen LogP contribution in [0.5, 0.6) is 0 Å². The molecule has 100 valence electrons. The largest absolute Gasteiger partial charge is 0.481 e. The predicted octanol–water partition coefficient (Wildman–Crippen LogP) is -3.09. The molecule has 0 aliphatic heterocycles. The molecule has 0 aromatic heterocycles. The van der Waals surface area contributed by atoms with Crippen LogP contribution in [0.1, 0.15) is 12.8 Å². The fourth-order valence-electron chi connectivity index (χ4n) is 1.03. The quantitative estimate of drug-likeness (QED) is 0.289. The van der Waals surface area contributed by atoms with Gasteiger partial charge in [0.25, 0.3) is 0 Å². The van der Waals surface area contributed by atoms with Gasteiger partial charge in [-0.25, -0.2) is 0 Å². The first-order valence-corrected chi connectivity index (χ1v) is 4.39. The Kier molecular flexibility index (Phi) is 26.1. The third kappa shape index (κ3) is 16.4. The molecular weight excluding hydrogens is 266 g/mol. The molecule has 0 rings (SSSR count). The Morgan fingerprint density at radius 1 is 0.667 bits per heavy atom. The summed E-state index contributed by atoms with van der Waals surface area (Å²) in [5.74, 6) is -6.01. The van der Waals surface area contributed by atoms with Crippen molar-refractivity contribution in [3.8, 4) is 0 Å². The molecular formula is C8H11Li4NO8. The van der Waals surface area contributed by atoms with E-state index in [1.807, 2.05) is 5.32 Å². The first kappa shape index (κ1) is 33.0. The van der Waals surface area contributed by atoms with Crippen molar-refractivity contribution in [2.24, 2.45) is 0 Å². The molecule has 0 amide bonds. The number of rotatable bonds is 8. The molecule has 0 aliphatic rings. The van der Waals surface area contributed by atoms with E-state index < -0.39 is 48.8 Å². The van der Waals surface area contributed by atoms with E-state index in [9.17, 15) is 19.2 Å². The predicted molar refractivity (Wildman–Crippen MR) is 73.5 cm³/mol. The Hall–Kier alpha value is 0.230. The Morgan fingerprint density at radius 2 is 0.905 bits per heavy atom. The number of carbonyl (C=O) groups is 4. The van der Waals surface area contributed by atoms with Gasteiger partial charge in [-0.3, -0.25) is 24.5 Å². The second-order valence-corrected chi connectivity index (χ2v) is 3.14.